The highest BCUT2D eigenvalue weighted by atomic mass is 35.5. The lowest BCUT2D eigenvalue weighted by atomic mass is 10.1. The minimum atomic E-state index is -0.331. The van der Waals surface area contributed by atoms with Crippen LogP contribution in [0.3, 0.4) is 0 Å². The van der Waals surface area contributed by atoms with Crippen LogP contribution in [0, 0.1) is 0 Å². The molecule has 0 fully saturated rings. The number of methoxy groups -OCH3 is 1. The van der Waals surface area contributed by atoms with Crippen molar-refractivity contribution in [2.24, 2.45) is 0 Å². The number of aliphatic hydroxyl groups excluding tert-OH is 1. The number of benzene rings is 2. The van der Waals surface area contributed by atoms with Gasteiger partial charge in [0.15, 0.2) is 0 Å². The molecule has 0 aromatic heterocycles. The van der Waals surface area contributed by atoms with Crippen molar-refractivity contribution in [1.82, 2.24) is 0 Å². The molecular formula is C17H17ClO3. The van der Waals surface area contributed by atoms with E-state index < -0.39 is 0 Å². The van der Waals surface area contributed by atoms with Gasteiger partial charge in [0.25, 0.3) is 0 Å². The predicted molar refractivity (Wildman–Crippen MR) is 82.1 cm³/mol. The van der Waals surface area contributed by atoms with Gasteiger partial charge >= 0.3 is 0 Å². The van der Waals surface area contributed by atoms with Crippen LogP contribution in [0.25, 0.3) is 0 Å². The molecule has 0 saturated carbocycles. The Hall–Kier alpha value is -1.71. The van der Waals surface area contributed by atoms with Crippen molar-refractivity contribution in [3.05, 3.63) is 58.1 Å². The van der Waals surface area contributed by atoms with Gasteiger partial charge in [-0.25, -0.2) is 0 Å². The third-order valence-corrected chi connectivity index (χ3v) is 4.03. The zero-order chi connectivity index (χ0) is 14.8. The van der Waals surface area contributed by atoms with Gasteiger partial charge in [-0.2, -0.15) is 0 Å². The molecule has 0 bridgehead atoms. The lowest BCUT2D eigenvalue weighted by molar-refractivity contribution is 0.180. The SMILES string of the molecule is COc1ccc(Cl)cc1COc1ccc2c(c1)CC[C@@H]2O. The minimum Gasteiger partial charge on any atom is -0.496 e. The number of fused-ring (bicyclic) bond motifs is 1. The van der Waals surface area contributed by atoms with Crippen LogP contribution in [0.15, 0.2) is 36.4 Å². The van der Waals surface area contributed by atoms with E-state index in [1.54, 1.807) is 13.2 Å². The Morgan fingerprint density at radius 2 is 2.10 bits per heavy atom. The Balaban J connectivity index is 1.75. The van der Waals surface area contributed by atoms with Gasteiger partial charge in [-0.1, -0.05) is 17.7 Å². The molecule has 4 heteroatoms. The molecule has 3 rings (SSSR count). The molecule has 1 atom stereocenters. The average Bonchev–Trinajstić information content (AvgIpc) is 2.86. The molecule has 3 nitrogen and oxygen atoms in total. The molecule has 0 radical (unpaired) electrons. The molecule has 0 heterocycles. The van der Waals surface area contributed by atoms with E-state index in [0.29, 0.717) is 11.6 Å². The van der Waals surface area contributed by atoms with E-state index in [-0.39, 0.29) is 6.10 Å². The van der Waals surface area contributed by atoms with Gasteiger partial charge in [0.2, 0.25) is 0 Å². The number of rotatable bonds is 4. The molecule has 1 N–H and O–H groups in total. The normalized spacial score (nSPS) is 16.6. The molecular weight excluding hydrogens is 288 g/mol. The second-order valence-electron chi connectivity index (χ2n) is 5.16. The summed E-state index contributed by atoms with van der Waals surface area (Å²) in [6.07, 6.45) is 1.36. The number of hydrogen-bond donors (Lipinski definition) is 1. The largest absolute Gasteiger partial charge is 0.496 e. The highest BCUT2D eigenvalue weighted by Crippen LogP contribution is 2.33. The quantitative estimate of drug-likeness (QED) is 0.931. The molecule has 1 aliphatic carbocycles. The fraction of sp³-hybridized carbons (Fsp3) is 0.294. The fourth-order valence-electron chi connectivity index (χ4n) is 2.68. The molecule has 0 saturated heterocycles. The van der Waals surface area contributed by atoms with Crippen LogP contribution < -0.4 is 9.47 Å². The number of ether oxygens (including phenoxy) is 2. The van der Waals surface area contributed by atoms with Crippen molar-refractivity contribution in [2.45, 2.75) is 25.6 Å². The smallest absolute Gasteiger partial charge is 0.125 e. The molecule has 1 aliphatic rings. The second-order valence-corrected chi connectivity index (χ2v) is 5.60. The molecule has 2 aromatic carbocycles. The van der Waals surface area contributed by atoms with Gasteiger partial charge in [0.05, 0.1) is 13.2 Å². The first kappa shape index (κ1) is 14.2. The number of hydrogen-bond acceptors (Lipinski definition) is 3. The molecule has 0 spiro atoms. The molecule has 0 unspecified atom stereocenters. The zero-order valence-electron chi connectivity index (χ0n) is 11.8. The molecule has 110 valence electrons. The zero-order valence-corrected chi connectivity index (χ0v) is 12.6. The highest BCUT2D eigenvalue weighted by Gasteiger charge is 2.20. The summed E-state index contributed by atoms with van der Waals surface area (Å²) in [4.78, 5) is 0. The van der Waals surface area contributed by atoms with Crippen molar-refractivity contribution in [1.29, 1.82) is 0 Å². The van der Waals surface area contributed by atoms with Gasteiger partial charge in [-0.05, 0) is 54.3 Å². The van der Waals surface area contributed by atoms with Crippen LogP contribution >= 0.6 is 11.6 Å². The summed E-state index contributed by atoms with van der Waals surface area (Å²) in [5, 5.41) is 10.5. The van der Waals surface area contributed by atoms with Crippen molar-refractivity contribution >= 4 is 11.6 Å². The monoisotopic (exact) mass is 304 g/mol. The first-order valence-electron chi connectivity index (χ1n) is 6.93. The second kappa shape index (κ2) is 5.96. The standard InChI is InChI=1S/C17H17ClO3/c1-20-17-7-3-13(18)8-12(17)10-21-14-4-5-15-11(9-14)2-6-16(15)19/h3-5,7-9,16,19H,2,6,10H2,1H3/t16-/m0/s1. The highest BCUT2D eigenvalue weighted by molar-refractivity contribution is 6.30. The number of aliphatic hydroxyl groups is 1. The Morgan fingerprint density at radius 3 is 2.90 bits per heavy atom. The average molecular weight is 305 g/mol. The van der Waals surface area contributed by atoms with E-state index in [9.17, 15) is 5.11 Å². The fourth-order valence-corrected chi connectivity index (χ4v) is 2.88. The van der Waals surface area contributed by atoms with Gasteiger partial charge in [0.1, 0.15) is 18.1 Å². The maximum Gasteiger partial charge on any atom is 0.125 e. The van der Waals surface area contributed by atoms with Gasteiger partial charge in [0, 0.05) is 10.6 Å². The number of halogens is 1. The Labute approximate surface area is 129 Å². The Bertz CT molecular complexity index is 654. The summed E-state index contributed by atoms with van der Waals surface area (Å²) in [7, 11) is 1.63. The molecule has 0 aliphatic heterocycles. The molecule has 2 aromatic rings. The topological polar surface area (TPSA) is 38.7 Å². The summed E-state index contributed by atoms with van der Waals surface area (Å²) < 4.78 is 11.1. The lowest BCUT2D eigenvalue weighted by Crippen LogP contribution is -1.99. The third kappa shape index (κ3) is 2.99. The van der Waals surface area contributed by atoms with Gasteiger partial charge < -0.3 is 14.6 Å². The van der Waals surface area contributed by atoms with E-state index in [4.69, 9.17) is 21.1 Å². The summed E-state index contributed by atoms with van der Waals surface area (Å²) >= 11 is 6.01. The maximum atomic E-state index is 9.81. The van der Waals surface area contributed by atoms with E-state index in [1.165, 1.54) is 0 Å². The summed E-state index contributed by atoms with van der Waals surface area (Å²) in [6.45, 7) is 0.394. The van der Waals surface area contributed by atoms with E-state index in [2.05, 4.69) is 0 Å². The van der Waals surface area contributed by atoms with Crippen molar-refractivity contribution in [3.63, 3.8) is 0 Å². The van der Waals surface area contributed by atoms with Crippen LogP contribution in [0.2, 0.25) is 5.02 Å². The van der Waals surface area contributed by atoms with Crippen LogP contribution in [0.1, 0.15) is 29.2 Å². The van der Waals surface area contributed by atoms with E-state index >= 15 is 0 Å². The summed E-state index contributed by atoms with van der Waals surface area (Å²) in [5.74, 6) is 1.56. The predicted octanol–water partition coefficient (Wildman–Crippen LogP) is 3.91. The van der Waals surface area contributed by atoms with Crippen LogP contribution in [0.5, 0.6) is 11.5 Å². The van der Waals surface area contributed by atoms with E-state index in [0.717, 1.165) is 41.0 Å². The maximum absolute atomic E-state index is 9.81. The van der Waals surface area contributed by atoms with Crippen LogP contribution in [0.4, 0.5) is 0 Å². The minimum absolute atomic E-state index is 0.331. The van der Waals surface area contributed by atoms with Gasteiger partial charge in [-0.15, -0.1) is 0 Å². The molecule has 0 amide bonds. The third-order valence-electron chi connectivity index (χ3n) is 3.80. The van der Waals surface area contributed by atoms with Gasteiger partial charge in [-0.3, -0.25) is 0 Å². The van der Waals surface area contributed by atoms with Crippen LogP contribution in [-0.4, -0.2) is 12.2 Å². The molecule has 21 heavy (non-hydrogen) atoms. The first-order valence-corrected chi connectivity index (χ1v) is 7.31. The summed E-state index contributed by atoms with van der Waals surface area (Å²) in [5.41, 5.74) is 3.09. The lowest BCUT2D eigenvalue weighted by Gasteiger charge is -2.12. The Morgan fingerprint density at radius 1 is 1.24 bits per heavy atom. The van der Waals surface area contributed by atoms with Crippen molar-refractivity contribution in [3.8, 4) is 11.5 Å². The van der Waals surface area contributed by atoms with E-state index in [1.807, 2.05) is 30.3 Å². The number of aryl methyl sites for hydroxylation is 1. The van der Waals surface area contributed by atoms with Crippen molar-refractivity contribution in [2.75, 3.05) is 7.11 Å². The summed E-state index contributed by atoms with van der Waals surface area (Å²) in [6, 6.07) is 11.3. The van der Waals surface area contributed by atoms with Crippen LogP contribution in [-0.2, 0) is 13.0 Å². The Kier molecular flexibility index (Phi) is 4.04. The first-order chi connectivity index (χ1) is 10.2. The van der Waals surface area contributed by atoms with Crippen molar-refractivity contribution < 1.29 is 14.6 Å².